The summed E-state index contributed by atoms with van der Waals surface area (Å²) < 4.78 is 10.0. The summed E-state index contributed by atoms with van der Waals surface area (Å²) in [5, 5.41) is 14.5. The van der Waals surface area contributed by atoms with E-state index < -0.39 is 5.91 Å². The molecule has 0 unspecified atom stereocenters. The Morgan fingerprint density at radius 1 is 1.35 bits per heavy atom. The van der Waals surface area contributed by atoms with Crippen LogP contribution in [0.2, 0.25) is 0 Å². The molecule has 0 aromatic rings. The van der Waals surface area contributed by atoms with Crippen LogP contribution in [0.1, 0.15) is 13.3 Å². The lowest BCUT2D eigenvalue weighted by Crippen LogP contribution is -2.41. The van der Waals surface area contributed by atoms with Gasteiger partial charge in [-0.1, -0.05) is 0 Å². The van der Waals surface area contributed by atoms with Crippen LogP contribution in [0.25, 0.3) is 0 Å². The van der Waals surface area contributed by atoms with E-state index in [-0.39, 0.29) is 18.0 Å². The smallest absolute Gasteiger partial charge is 0.307 e. The summed E-state index contributed by atoms with van der Waals surface area (Å²) in [5.74, 6) is -0.744. The fraction of sp³-hybridized carbons (Fsp3) is 0.667. The average molecular weight is 324 g/mol. The third kappa shape index (κ3) is 8.18. The van der Waals surface area contributed by atoms with Gasteiger partial charge in [0, 0.05) is 38.9 Å². The van der Waals surface area contributed by atoms with Gasteiger partial charge in [0.2, 0.25) is 0 Å². The van der Waals surface area contributed by atoms with E-state index in [4.69, 9.17) is 14.7 Å². The molecule has 8 nitrogen and oxygen atoms in total. The van der Waals surface area contributed by atoms with Gasteiger partial charge in [-0.3, -0.25) is 14.5 Å². The summed E-state index contributed by atoms with van der Waals surface area (Å²) in [6, 6.07) is 1.84. The van der Waals surface area contributed by atoms with Crippen molar-refractivity contribution >= 4 is 11.9 Å². The van der Waals surface area contributed by atoms with Gasteiger partial charge in [-0.05, 0) is 6.92 Å². The van der Waals surface area contributed by atoms with E-state index in [0.717, 1.165) is 19.6 Å². The molecule has 8 heteroatoms. The third-order valence-corrected chi connectivity index (χ3v) is 3.21. The standard InChI is InChI=1S/C15H24N4O4/c1-2-23-14(20)3-4-17-12-13(11-16)15(21)18-5-6-19-7-9-22-10-8-19/h12,17H,2-10H2,1H3,(H,18,21)/b13-12-. The maximum Gasteiger partial charge on any atom is 0.307 e. The van der Waals surface area contributed by atoms with Crippen molar-refractivity contribution < 1.29 is 19.1 Å². The molecule has 0 spiro atoms. The topological polar surface area (TPSA) is 104 Å². The highest BCUT2D eigenvalue weighted by Gasteiger charge is 2.12. The third-order valence-electron chi connectivity index (χ3n) is 3.21. The van der Waals surface area contributed by atoms with Crippen LogP contribution in [0.4, 0.5) is 0 Å². The van der Waals surface area contributed by atoms with Crippen molar-refractivity contribution in [2.45, 2.75) is 13.3 Å². The van der Waals surface area contributed by atoms with Crippen LogP contribution in [0.5, 0.6) is 0 Å². The van der Waals surface area contributed by atoms with Gasteiger partial charge in [-0.15, -0.1) is 0 Å². The molecule has 23 heavy (non-hydrogen) atoms. The first-order chi connectivity index (χ1) is 11.2. The lowest BCUT2D eigenvalue weighted by Gasteiger charge is -2.26. The van der Waals surface area contributed by atoms with Crippen LogP contribution in [-0.2, 0) is 19.1 Å². The first-order valence-corrected chi connectivity index (χ1v) is 7.75. The predicted molar refractivity (Wildman–Crippen MR) is 83.2 cm³/mol. The van der Waals surface area contributed by atoms with E-state index in [1.165, 1.54) is 6.20 Å². The average Bonchev–Trinajstić information content (AvgIpc) is 2.56. The van der Waals surface area contributed by atoms with E-state index in [1.807, 2.05) is 6.07 Å². The van der Waals surface area contributed by atoms with E-state index in [9.17, 15) is 9.59 Å². The van der Waals surface area contributed by atoms with Crippen molar-refractivity contribution in [1.82, 2.24) is 15.5 Å². The van der Waals surface area contributed by atoms with Crippen LogP contribution in [0, 0.1) is 11.3 Å². The Bertz CT molecular complexity index is 453. The number of carbonyl (C=O) groups is 2. The number of rotatable bonds is 9. The normalized spacial score (nSPS) is 15.6. The number of nitrogens with zero attached hydrogens (tertiary/aromatic N) is 2. The Balaban J connectivity index is 2.23. The zero-order valence-electron chi connectivity index (χ0n) is 13.5. The molecule has 0 radical (unpaired) electrons. The Morgan fingerprint density at radius 3 is 2.74 bits per heavy atom. The molecule has 0 aliphatic carbocycles. The molecule has 1 aliphatic heterocycles. The number of hydrogen-bond donors (Lipinski definition) is 2. The number of amides is 1. The summed E-state index contributed by atoms with van der Waals surface area (Å²) in [7, 11) is 0. The van der Waals surface area contributed by atoms with E-state index in [0.29, 0.717) is 32.9 Å². The Labute approximate surface area is 136 Å². The van der Waals surface area contributed by atoms with Gasteiger partial charge in [0.25, 0.3) is 5.91 Å². The van der Waals surface area contributed by atoms with Crippen molar-refractivity contribution in [2.75, 3.05) is 52.5 Å². The Kier molecular flexibility index (Phi) is 9.43. The number of nitrogens with one attached hydrogen (secondary N) is 2. The van der Waals surface area contributed by atoms with Crippen molar-refractivity contribution in [3.8, 4) is 6.07 Å². The van der Waals surface area contributed by atoms with Crippen molar-refractivity contribution in [2.24, 2.45) is 0 Å². The van der Waals surface area contributed by atoms with Gasteiger partial charge in [-0.25, -0.2) is 0 Å². The fourth-order valence-corrected chi connectivity index (χ4v) is 1.98. The van der Waals surface area contributed by atoms with E-state index in [2.05, 4.69) is 15.5 Å². The molecule has 0 bridgehead atoms. The van der Waals surface area contributed by atoms with Gasteiger partial charge in [0.1, 0.15) is 11.6 Å². The minimum absolute atomic E-state index is 0.0177. The van der Waals surface area contributed by atoms with Gasteiger partial charge in [-0.2, -0.15) is 5.26 Å². The lowest BCUT2D eigenvalue weighted by molar-refractivity contribution is -0.142. The largest absolute Gasteiger partial charge is 0.466 e. The first kappa shape index (κ1) is 18.9. The molecule has 1 rings (SSSR count). The molecule has 1 saturated heterocycles. The number of carbonyl (C=O) groups excluding carboxylic acids is 2. The number of nitriles is 1. The summed E-state index contributed by atoms with van der Waals surface area (Å²) in [5.41, 5.74) is -0.0177. The molecule has 0 aromatic carbocycles. The second-order valence-corrected chi connectivity index (χ2v) is 4.89. The summed E-state index contributed by atoms with van der Waals surface area (Å²) in [6.07, 6.45) is 1.50. The monoisotopic (exact) mass is 324 g/mol. The molecule has 1 heterocycles. The summed E-state index contributed by atoms with van der Waals surface area (Å²) >= 11 is 0. The minimum atomic E-state index is -0.426. The quantitative estimate of drug-likeness (QED) is 0.252. The molecule has 1 aliphatic rings. The van der Waals surface area contributed by atoms with Crippen LogP contribution < -0.4 is 10.6 Å². The molecule has 128 valence electrons. The van der Waals surface area contributed by atoms with Gasteiger partial charge >= 0.3 is 5.97 Å². The fourth-order valence-electron chi connectivity index (χ4n) is 1.98. The minimum Gasteiger partial charge on any atom is -0.466 e. The van der Waals surface area contributed by atoms with E-state index >= 15 is 0 Å². The molecule has 2 N–H and O–H groups in total. The van der Waals surface area contributed by atoms with Crippen molar-refractivity contribution in [1.29, 1.82) is 5.26 Å². The molecule has 1 amide bonds. The molecular weight excluding hydrogens is 300 g/mol. The molecule has 0 atom stereocenters. The number of morpholine rings is 1. The van der Waals surface area contributed by atoms with E-state index in [1.54, 1.807) is 6.92 Å². The van der Waals surface area contributed by atoms with Gasteiger partial charge in [0.15, 0.2) is 0 Å². The van der Waals surface area contributed by atoms with Crippen LogP contribution in [0.3, 0.4) is 0 Å². The highest BCUT2D eigenvalue weighted by molar-refractivity contribution is 5.97. The highest BCUT2D eigenvalue weighted by atomic mass is 16.5. The van der Waals surface area contributed by atoms with Crippen LogP contribution >= 0.6 is 0 Å². The lowest BCUT2D eigenvalue weighted by atomic mass is 10.3. The summed E-state index contributed by atoms with van der Waals surface area (Å²) in [6.45, 7) is 6.71. The zero-order chi connectivity index (χ0) is 16.9. The Hall–Kier alpha value is -2.11. The number of ether oxygens (including phenoxy) is 2. The second kappa shape index (κ2) is 11.5. The highest BCUT2D eigenvalue weighted by Crippen LogP contribution is 1.96. The SMILES string of the molecule is CCOC(=O)CCN/C=C(/C#N)C(=O)NCCN1CCOCC1. The molecular formula is C15H24N4O4. The molecule has 0 saturated carbocycles. The summed E-state index contributed by atoms with van der Waals surface area (Å²) in [4.78, 5) is 25.2. The zero-order valence-corrected chi connectivity index (χ0v) is 13.5. The second-order valence-electron chi connectivity index (χ2n) is 4.89. The van der Waals surface area contributed by atoms with Gasteiger partial charge in [0.05, 0.1) is 26.2 Å². The number of hydrogen-bond acceptors (Lipinski definition) is 7. The maximum absolute atomic E-state index is 11.9. The van der Waals surface area contributed by atoms with Gasteiger partial charge < -0.3 is 20.1 Å². The first-order valence-electron chi connectivity index (χ1n) is 7.75. The van der Waals surface area contributed by atoms with Crippen LogP contribution in [0.15, 0.2) is 11.8 Å². The van der Waals surface area contributed by atoms with Crippen molar-refractivity contribution in [3.63, 3.8) is 0 Å². The molecule has 1 fully saturated rings. The maximum atomic E-state index is 11.9. The predicted octanol–water partition coefficient (Wildman–Crippen LogP) is -0.615. The number of esters is 1. The Morgan fingerprint density at radius 2 is 2.09 bits per heavy atom. The molecule has 0 aromatic heterocycles. The van der Waals surface area contributed by atoms with Crippen LogP contribution in [-0.4, -0.2) is 69.3 Å². The van der Waals surface area contributed by atoms with Crippen molar-refractivity contribution in [3.05, 3.63) is 11.8 Å².